The smallest absolute Gasteiger partial charge is 0.253 e. The summed E-state index contributed by atoms with van der Waals surface area (Å²) in [5, 5.41) is 4.55. The Morgan fingerprint density at radius 2 is 2.08 bits per heavy atom. The second-order valence-electron chi connectivity index (χ2n) is 5.53. The van der Waals surface area contributed by atoms with E-state index in [2.05, 4.69) is 11.9 Å². The molecule has 0 atom stereocenters. The number of rotatable bonds is 8. The molecule has 0 saturated heterocycles. The molecule has 0 aliphatic carbocycles. The number of anilines is 1. The molecule has 0 bridgehead atoms. The van der Waals surface area contributed by atoms with Crippen LogP contribution in [-0.4, -0.2) is 31.7 Å². The lowest BCUT2D eigenvalue weighted by atomic mass is 10.1. The van der Waals surface area contributed by atoms with E-state index in [1.807, 2.05) is 32.0 Å². The zero-order chi connectivity index (χ0) is 18.4. The number of carbonyl (C=O) groups excluding carboxylic acids is 1. The highest BCUT2D eigenvalue weighted by molar-refractivity contribution is 7.91. The number of hydrogen-bond donors (Lipinski definition) is 1. The lowest BCUT2D eigenvalue weighted by molar-refractivity contribution is -0.116. The molecule has 0 unspecified atom stereocenters. The van der Waals surface area contributed by atoms with E-state index in [9.17, 15) is 13.2 Å². The molecule has 1 aromatic heterocycles. The van der Waals surface area contributed by atoms with Crippen molar-refractivity contribution in [1.29, 1.82) is 0 Å². The number of thiophene rings is 1. The molecule has 1 N–H and O–H groups in total. The predicted molar refractivity (Wildman–Crippen MR) is 102 cm³/mol. The van der Waals surface area contributed by atoms with E-state index in [0.717, 1.165) is 38.9 Å². The van der Waals surface area contributed by atoms with Crippen LogP contribution < -0.4 is 5.32 Å². The van der Waals surface area contributed by atoms with E-state index >= 15 is 0 Å². The van der Waals surface area contributed by atoms with Crippen molar-refractivity contribution in [1.82, 2.24) is 4.31 Å². The molecule has 2 aromatic rings. The lowest BCUT2D eigenvalue weighted by Crippen LogP contribution is -2.38. The second kappa shape index (κ2) is 8.42. The van der Waals surface area contributed by atoms with Gasteiger partial charge in [-0.25, -0.2) is 8.42 Å². The quantitative estimate of drug-likeness (QED) is 0.716. The molecule has 2 rings (SSSR count). The van der Waals surface area contributed by atoms with Crippen LogP contribution in [0, 0.1) is 6.92 Å². The van der Waals surface area contributed by atoms with Crippen LogP contribution in [0.4, 0.5) is 5.69 Å². The van der Waals surface area contributed by atoms with Crippen molar-refractivity contribution in [3.63, 3.8) is 0 Å². The summed E-state index contributed by atoms with van der Waals surface area (Å²) < 4.78 is 26.7. The Balaban J connectivity index is 2.21. The van der Waals surface area contributed by atoms with Crippen molar-refractivity contribution in [2.75, 3.05) is 18.4 Å². The van der Waals surface area contributed by atoms with E-state index in [1.165, 1.54) is 12.1 Å². The molecule has 25 heavy (non-hydrogen) atoms. The Morgan fingerprint density at radius 3 is 2.68 bits per heavy atom. The minimum atomic E-state index is -3.71. The Hall–Kier alpha value is -1.96. The van der Waals surface area contributed by atoms with Crippen LogP contribution in [0.25, 0.3) is 0 Å². The fourth-order valence-corrected chi connectivity index (χ4v) is 4.98. The van der Waals surface area contributed by atoms with Crippen molar-refractivity contribution in [3.8, 4) is 0 Å². The number of amides is 1. The van der Waals surface area contributed by atoms with E-state index in [1.54, 1.807) is 11.4 Å². The van der Waals surface area contributed by atoms with Gasteiger partial charge >= 0.3 is 0 Å². The van der Waals surface area contributed by atoms with Crippen LogP contribution in [0.2, 0.25) is 0 Å². The average Bonchev–Trinajstić information content (AvgIpc) is 3.11. The number of nitrogens with zero attached hydrogens (tertiary/aromatic N) is 1. The fourth-order valence-electron chi connectivity index (χ4n) is 2.47. The molecule has 0 saturated carbocycles. The summed E-state index contributed by atoms with van der Waals surface area (Å²) in [6.45, 7) is 7.33. The topological polar surface area (TPSA) is 66.5 Å². The second-order valence-corrected chi connectivity index (χ2v) is 8.64. The maximum Gasteiger partial charge on any atom is 0.253 e. The first kappa shape index (κ1) is 19.4. The van der Waals surface area contributed by atoms with Crippen LogP contribution >= 0.6 is 11.3 Å². The Labute approximate surface area is 153 Å². The Kier molecular flexibility index (Phi) is 6.52. The number of sulfonamides is 1. The molecule has 1 aromatic carbocycles. The summed E-state index contributed by atoms with van der Waals surface area (Å²) in [5.74, 6) is -0.369. The van der Waals surface area contributed by atoms with E-state index in [-0.39, 0.29) is 23.2 Å². The van der Waals surface area contributed by atoms with Crippen LogP contribution in [0.5, 0.6) is 0 Å². The third-order valence-electron chi connectivity index (χ3n) is 3.75. The third-order valence-corrected chi connectivity index (χ3v) is 6.93. The van der Waals surface area contributed by atoms with Gasteiger partial charge in [-0.2, -0.15) is 4.31 Å². The number of hydrogen-bond acceptors (Lipinski definition) is 4. The molecule has 0 fully saturated rings. The minimum absolute atomic E-state index is 0.0715. The molecular formula is C18H22N2O3S2. The highest BCUT2D eigenvalue weighted by Crippen LogP contribution is 2.23. The first-order valence-electron chi connectivity index (χ1n) is 7.93. The molecule has 1 heterocycles. The molecule has 0 radical (unpaired) electrons. The number of para-hydroxylation sites is 1. The van der Waals surface area contributed by atoms with Crippen LogP contribution in [0.15, 0.2) is 52.6 Å². The van der Waals surface area contributed by atoms with E-state index < -0.39 is 10.0 Å². The van der Waals surface area contributed by atoms with Gasteiger partial charge in [0.05, 0.1) is 6.54 Å². The van der Waals surface area contributed by atoms with Gasteiger partial charge in [-0.05, 0) is 35.9 Å². The monoisotopic (exact) mass is 378 g/mol. The number of aryl methyl sites for hydroxylation is 2. The summed E-state index contributed by atoms with van der Waals surface area (Å²) in [6.07, 6.45) is 2.25. The van der Waals surface area contributed by atoms with E-state index in [0.29, 0.717) is 0 Å². The highest BCUT2D eigenvalue weighted by Gasteiger charge is 2.26. The standard InChI is InChI=1S/C18H22N2O3S2/c1-4-11-20(25(22,23)17-10-7-12-24-17)13-16(21)19-18-14(3)8-6-9-15(18)5-2/h4,6-10,12H,1,5,11,13H2,2-3H3,(H,19,21). The van der Waals surface area contributed by atoms with Gasteiger partial charge in [0.1, 0.15) is 4.21 Å². The molecular weight excluding hydrogens is 356 g/mol. The van der Waals surface area contributed by atoms with Gasteiger partial charge in [-0.3, -0.25) is 4.79 Å². The van der Waals surface area contributed by atoms with Gasteiger partial charge in [-0.15, -0.1) is 17.9 Å². The van der Waals surface area contributed by atoms with Crippen molar-refractivity contribution in [3.05, 3.63) is 59.5 Å². The summed E-state index contributed by atoms with van der Waals surface area (Å²) in [7, 11) is -3.71. The zero-order valence-electron chi connectivity index (χ0n) is 14.4. The maximum absolute atomic E-state index is 12.7. The largest absolute Gasteiger partial charge is 0.324 e. The van der Waals surface area contributed by atoms with Crippen LogP contribution in [0.1, 0.15) is 18.1 Å². The van der Waals surface area contributed by atoms with Gasteiger partial charge in [0.15, 0.2) is 0 Å². The molecule has 0 aliphatic heterocycles. The first-order chi connectivity index (χ1) is 11.9. The maximum atomic E-state index is 12.7. The average molecular weight is 379 g/mol. The summed E-state index contributed by atoms with van der Waals surface area (Å²) >= 11 is 1.13. The van der Waals surface area contributed by atoms with Crippen molar-refractivity contribution in [2.24, 2.45) is 0 Å². The van der Waals surface area contributed by atoms with Crippen molar-refractivity contribution in [2.45, 2.75) is 24.5 Å². The number of benzene rings is 1. The van der Waals surface area contributed by atoms with Crippen molar-refractivity contribution < 1.29 is 13.2 Å². The number of carbonyl (C=O) groups is 1. The minimum Gasteiger partial charge on any atom is -0.324 e. The molecule has 1 amide bonds. The van der Waals surface area contributed by atoms with Gasteiger partial charge in [0.25, 0.3) is 10.0 Å². The normalized spacial score (nSPS) is 11.5. The lowest BCUT2D eigenvalue weighted by Gasteiger charge is -2.20. The van der Waals surface area contributed by atoms with Gasteiger partial charge in [-0.1, -0.05) is 37.3 Å². The third kappa shape index (κ3) is 4.56. The van der Waals surface area contributed by atoms with Crippen LogP contribution in [0.3, 0.4) is 0 Å². The fraction of sp³-hybridized carbons (Fsp3) is 0.278. The van der Waals surface area contributed by atoms with Crippen molar-refractivity contribution >= 4 is 33.0 Å². The predicted octanol–water partition coefficient (Wildman–Crippen LogP) is 3.43. The van der Waals surface area contributed by atoms with E-state index in [4.69, 9.17) is 0 Å². The molecule has 7 heteroatoms. The Morgan fingerprint density at radius 1 is 1.32 bits per heavy atom. The summed E-state index contributed by atoms with van der Waals surface area (Å²) in [4.78, 5) is 12.5. The first-order valence-corrected chi connectivity index (χ1v) is 10.2. The van der Waals surface area contributed by atoms with Gasteiger partial charge < -0.3 is 5.32 Å². The molecule has 0 aliphatic rings. The number of nitrogens with one attached hydrogen (secondary N) is 1. The Bertz CT molecular complexity index is 843. The van der Waals surface area contributed by atoms with Gasteiger partial charge in [0.2, 0.25) is 5.91 Å². The van der Waals surface area contributed by atoms with Crippen LogP contribution in [-0.2, 0) is 21.2 Å². The summed E-state index contributed by atoms with van der Waals surface area (Å²) in [5.41, 5.74) is 2.72. The molecule has 0 spiro atoms. The molecule has 134 valence electrons. The highest BCUT2D eigenvalue weighted by atomic mass is 32.2. The van der Waals surface area contributed by atoms with Gasteiger partial charge in [0, 0.05) is 12.2 Å². The molecule has 5 nitrogen and oxygen atoms in total. The summed E-state index contributed by atoms with van der Waals surface area (Å²) in [6, 6.07) is 9.01. The zero-order valence-corrected chi connectivity index (χ0v) is 16.0. The SMILES string of the molecule is C=CCN(CC(=O)Nc1c(C)cccc1CC)S(=O)(=O)c1cccs1.